The van der Waals surface area contributed by atoms with Gasteiger partial charge in [-0.25, -0.2) is 0 Å². The molecule has 1 aliphatic carbocycles. The lowest BCUT2D eigenvalue weighted by atomic mass is 9.96. The number of hydrogen-bond acceptors (Lipinski definition) is 4. The third kappa shape index (κ3) is 2.43. The minimum Gasteiger partial charge on any atom is -0.392 e. The molecule has 2 heterocycles. The molecule has 5 nitrogen and oxygen atoms in total. The van der Waals surface area contributed by atoms with Gasteiger partial charge in [0.05, 0.1) is 29.6 Å². The molecule has 0 bridgehead atoms. The van der Waals surface area contributed by atoms with Gasteiger partial charge in [0.2, 0.25) is 0 Å². The van der Waals surface area contributed by atoms with E-state index in [4.69, 9.17) is 9.94 Å². The van der Waals surface area contributed by atoms with Gasteiger partial charge in [-0.15, -0.1) is 0 Å². The Morgan fingerprint density at radius 2 is 2.13 bits per heavy atom. The van der Waals surface area contributed by atoms with Crippen LogP contribution in [0.5, 0.6) is 0 Å². The van der Waals surface area contributed by atoms with Crippen LogP contribution in [-0.4, -0.2) is 32.8 Å². The Morgan fingerprint density at radius 3 is 2.83 bits per heavy atom. The molecule has 4 rings (SSSR count). The van der Waals surface area contributed by atoms with Crippen molar-refractivity contribution in [2.24, 2.45) is 5.16 Å². The van der Waals surface area contributed by atoms with Crippen LogP contribution in [0.4, 0.5) is 0 Å². The fraction of sp³-hybridized carbons (Fsp3) is 0.556. The number of oxime groups is 1. The highest BCUT2D eigenvalue weighted by Crippen LogP contribution is 2.34. The van der Waals surface area contributed by atoms with E-state index in [1.807, 2.05) is 6.92 Å². The fourth-order valence-corrected chi connectivity index (χ4v) is 3.73. The number of aryl methyl sites for hydroxylation is 1. The quantitative estimate of drug-likeness (QED) is 0.945. The molecule has 0 radical (unpaired) electrons. The number of rotatable bonds is 3. The molecule has 1 aromatic heterocycles. The van der Waals surface area contributed by atoms with Crippen molar-refractivity contribution in [3.05, 3.63) is 29.5 Å². The van der Waals surface area contributed by atoms with E-state index < -0.39 is 5.60 Å². The molecule has 1 saturated carbocycles. The molecule has 0 saturated heterocycles. The van der Waals surface area contributed by atoms with Gasteiger partial charge in [-0.3, -0.25) is 4.68 Å². The maximum Gasteiger partial charge on any atom is 0.163 e. The topological polar surface area (TPSA) is 59.6 Å². The van der Waals surface area contributed by atoms with Crippen molar-refractivity contribution < 1.29 is 9.94 Å². The molecule has 1 atom stereocenters. The summed E-state index contributed by atoms with van der Waals surface area (Å²) in [4.78, 5) is 5.42. The minimum atomic E-state index is -0.591. The van der Waals surface area contributed by atoms with E-state index in [1.165, 1.54) is 36.6 Å². The number of aromatic nitrogens is 2. The maximum absolute atomic E-state index is 9.44. The van der Waals surface area contributed by atoms with Gasteiger partial charge in [0.25, 0.3) is 0 Å². The average molecular weight is 313 g/mol. The smallest absolute Gasteiger partial charge is 0.163 e. The number of aliphatic hydroxyl groups is 1. The first-order valence-corrected chi connectivity index (χ1v) is 8.45. The van der Waals surface area contributed by atoms with E-state index in [1.54, 1.807) is 0 Å². The number of fused-ring (bicyclic) bond motifs is 1. The van der Waals surface area contributed by atoms with Crippen LogP contribution >= 0.6 is 0 Å². The zero-order valence-corrected chi connectivity index (χ0v) is 13.7. The predicted molar refractivity (Wildman–Crippen MR) is 89.7 cm³/mol. The summed E-state index contributed by atoms with van der Waals surface area (Å²) in [6.07, 6.45) is 5.64. The lowest BCUT2D eigenvalue weighted by molar-refractivity contribution is -0.0428. The minimum absolute atomic E-state index is 0.0264. The highest BCUT2D eigenvalue weighted by Gasteiger charge is 2.34. The summed E-state index contributed by atoms with van der Waals surface area (Å²) < 4.78 is 2.21. The second-order valence-electron chi connectivity index (χ2n) is 7.11. The molecular formula is C18H23N3O2. The zero-order chi connectivity index (χ0) is 16.0. The molecular weight excluding hydrogens is 290 g/mol. The molecule has 1 N–H and O–H groups in total. The third-order valence-electron chi connectivity index (χ3n) is 5.15. The summed E-state index contributed by atoms with van der Waals surface area (Å²) in [5.74, 6) is 0. The van der Waals surface area contributed by atoms with E-state index >= 15 is 0 Å². The molecule has 1 unspecified atom stereocenters. The van der Waals surface area contributed by atoms with Gasteiger partial charge in [-0.05, 0) is 32.8 Å². The van der Waals surface area contributed by atoms with Crippen molar-refractivity contribution in [3.8, 4) is 0 Å². The van der Waals surface area contributed by atoms with Gasteiger partial charge in [0.15, 0.2) is 5.60 Å². The van der Waals surface area contributed by atoms with Crippen LogP contribution in [-0.2, 0) is 4.84 Å². The third-order valence-corrected chi connectivity index (χ3v) is 5.15. The molecule has 5 heteroatoms. The van der Waals surface area contributed by atoms with E-state index in [2.05, 4.69) is 35.0 Å². The van der Waals surface area contributed by atoms with Gasteiger partial charge in [-0.1, -0.05) is 30.1 Å². The monoisotopic (exact) mass is 313 g/mol. The molecule has 2 aliphatic rings. The van der Waals surface area contributed by atoms with Crippen LogP contribution in [0.25, 0.3) is 10.9 Å². The second-order valence-corrected chi connectivity index (χ2v) is 7.11. The molecule has 1 fully saturated rings. The fourth-order valence-electron chi connectivity index (χ4n) is 3.73. The SMILES string of the molecule is Cc1nn(C2CCCC2)c2cc(C3=NOC(C)(CO)C3)ccc12. The zero-order valence-electron chi connectivity index (χ0n) is 13.7. The Kier molecular flexibility index (Phi) is 3.41. The van der Waals surface area contributed by atoms with Crippen LogP contribution in [0.3, 0.4) is 0 Å². The van der Waals surface area contributed by atoms with Crippen molar-refractivity contribution in [1.82, 2.24) is 9.78 Å². The van der Waals surface area contributed by atoms with Gasteiger partial charge >= 0.3 is 0 Å². The maximum atomic E-state index is 9.44. The van der Waals surface area contributed by atoms with Gasteiger partial charge in [0, 0.05) is 17.4 Å². The van der Waals surface area contributed by atoms with Crippen molar-refractivity contribution in [1.29, 1.82) is 0 Å². The summed E-state index contributed by atoms with van der Waals surface area (Å²) in [6.45, 7) is 3.93. The van der Waals surface area contributed by atoms with E-state index in [-0.39, 0.29) is 6.61 Å². The summed E-state index contributed by atoms with van der Waals surface area (Å²) in [5.41, 5.74) is 3.65. The number of hydrogen-bond donors (Lipinski definition) is 1. The Balaban J connectivity index is 1.74. The second kappa shape index (κ2) is 5.34. The van der Waals surface area contributed by atoms with Crippen LogP contribution < -0.4 is 0 Å². The van der Waals surface area contributed by atoms with Crippen molar-refractivity contribution in [3.63, 3.8) is 0 Å². The van der Waals surface area contributed by atoms with Crippen LogP contribution in [0, 0.1) is 6.92 Å². The lowest BCUT2D eigenvalue weighted by Crippen LogP contribution is -2.29. The van der Waals surface area contributed by atoms with Crippen LogP contribution in [0.1, 0.15) is 56.3 Å². The first-order valence-electron chi connectivity index (χ1n) is 8.45. The molecule has 0 spiro atoms. The first kappa shape index (κ1) is 14.7. The standard InChI is InChI=1S/C18H23N3O2/c1-12-15-8-7-13(16-10-18(2,11-22)23-20-16)9-17(15)21(19-12)14-5-3-4-6-14/h7-9,14,22H,3-6,10-11H2,1-2H3. The van der Waals surface area contributed by atoms with E-state index in [0.29, 0.717) is 12.5 Å². The number of aliphatic hydroxyl groups excluding tert-OH is 1. The first-order chi connectivity index (χ1) is 11.1. The highest BCUT2D eigenvalue weighted by atomic mass is 16.7. The molecule has 2 aromatic rings. The van der Waals surface area contributed by atoms with Gasteiger partial charge in [-0.2, -0.15) is 5.10 Å². The van der Waals surface area contributed by atoms with E-state index in [0.717, 1.165) is 17.0 Å². The highest BCUT2D eigenvalue weighted by molar-refractivity contribution is 6.04. The predicted octanol–water partition coefficient (Wildman–Crippen LogP) is 3.34. The molecule has 122 valence electrons. The summed E-state index contributed by atoms with van der Waals surface area (Å²) >= 11 is 0. The van der Waals surface area contributed by atoms with Crippen molar-refractivity contribution in [2.75, 3.05) is 6.61 Å². The number of benzene rings is 1. The van der Waals surface area contributed by atoms with Crippen LogP contribution in [0.15, 0.2) is 23.4 Å². The summed E-state index contributed by atoms with van der Waals surface area (Å²) in [5, 5.41) is 19.6. The summed E-state index contributed by atoms with van der Waals surface area (Å²) in [7, 11) is 0. The normalized spacial score (nSPS) is 25.1. The Bertz CT molecular complexity index is 774. The van der Waals surface area contributed by atoms with Crippen molar-refractivity contribution in [2.45, 2.75) is 57.6 Å². The van der Waals surface area contributed by atoms with Crippen LogP contribution in [0.2, 0.25) is 0 Å². The lowest BCUT2D eigenvalue weighted by Gasteiger charge is -2.17. The Hall–Kier alpha value is -1.88. The van der Waals surface area contributed by atoms with Crippen molar-refractivity contribution >= 4 is 16.6 Å². The Morgan fingerprint density at radius 1 is 1.35 bits per heavy atom. The Labute approximate surface area is 135 Å². The van der Waals surface area contributed by atoms with Gasteiger partial charge in [0.1, 0.15) is 0 Å². The molecule has 1 aromatic carbocycles. The summed E-state index contributed by atoms with van der Waals surface area (Å²) in [6, 6.07) is 6.92. The largest absolute Gasteiger partial charge is 0.392 e. The molecule has 23 heavy (non-hydrogen) atoms. The molecule has 1 aliphatic heterocycles. The molecule has 0 amide bonds. The van der Waals surface area contributed by atoms with Gasteiger partial charge < -0.3 is 9.94 Å². The average Bonchev–Trinajstić information content (AvgIpc) is 3.27. The number of nitrogens with zero attached hydrogens (tertiary/aromatic N) is 3. The van der Waals surface area contributed by atoms with E-state index in [9.17, 15) is 5.11 Å².